The molecule has 0 spiro atoms. The Morgan fingerprint density at radius 2 is 2.19 bits per heavy atom. The summed E-state index contributed by atoms with van der Waals surface area (Å²) in [5.41, 5.74) is -0.718. The van der Waals surface area contributed by atoms with E-state index in [-0.39, 0.29) is 15.6 Å². The van der Waals surface area contributed by atoms with Crippen molar-refractivity contribution in [3.8, 4) is 6.07 Å². The average Bonchev–Trinajstić information content (AvgIpc) is 2.26. The second kappa shape index (κ2) is 5.03. The Morgan fingerprint density at radius 1 is 1.56 bits per heavy atom. The van der Waals surface area contributed by atoms with Gasteiger partial charge < -0.3 is 4.74 Å². The molecule has 0 aliphatic rings. The summed E-state index contributed by atoms with van der Waals surface area (Å²) in [6.07, 6.45) is -2.85. The summed E-state index contributed by atoms with van der Waals surface area (Å²) in [6, 6.07) is 4.00. The maximum Gasteiger partial charge on any atom is 0.339 e. The lowest BCUT2D eigenvalue weighted by atomic mass is 10.0. The van der Waals surface area contributed by atoms with E-state index in [9.17, 15) is 13.6 Å². The average molecular weight is 290 g/mol. The highest BCUT2D eigenvalue weighted by atomic mass is 79.9. The molecule has 3 nitrogen and oxygen atoms in total. The number of carbonyl (C=O) groups is 1. The van der Waals surface area contributed by atoms with E-state index in [1.807, 2.05) is 0 Å². The molecular weight excluding hydrogens is 284 g/mol. The molecular formula is C10H6BrF2NO2. The monoisotopic (exact) mass is 289 g/mol. The van der Waals surface area contributed by atoms with E-state index < -0.39 is 18.0 Å². The highest BCUT2D eigenvalue weighted by Crippen LogP contribution is 2.30. The molecule has 1 rings (SSSR count). The van der Waals surface area contributed by atoms with Gasteiger partial charge in [-0.25, -0.2) is 13.6 Å². The number of ether oxygens (including phenoxy) is 1. The number of nitrogens with zero attached hydrogens (tertiary/aromatic N) is 1. The topological polar surface area (TPSA) is 50.1 Å². The highest BCUT2D eigenvalue weighted by molar-refractivity contribution is 9.10. The Kier molecular flexibility index (Phi) is 3.96. The van der Waals surface area contributed by atoms with Crippen molar-refractivity contribution in [2.24, 2.45) is 0 Å². The molecule has 1 aromatic rings. The fourth-order valence-electron chi connectivity index (χ4n) is 1.18. The Morgan fingerprint density at radius 3 is 2.62 bits per heavy atom. The van der Waals surface area contributed by atoms with E-state index in [4.69, 9.17) is 5.26 Å². The normalized spacial score (nSPS) is 10.0. The molecule has 0 aliphatic carbocycles. The van der Waals surface area contributed by atoms with Crippen molar-refractivity contribution in [2.45, 2.75) is 6.43 Å². The fraction of sp³-hybridized carbons (Fsp3) is 0.200. The molecule has 0 N–H and O–H groups in total. The standard InChI is InChI=1S/C10H6BrF2NO2/c1-16-10(15)8-6(9(12)13)2-5(4-14)3-7(8)11/h2-3,9H,1H3. The zero-order valence-electron chi connectivity index (χ0n) is 8.13. The maximum atomic E-state index is 12.7. The first kappa shape index (κ1) is 12.6. The van der Waals surface area contributed by atoms with Gasteiger partial charge in [-0.3, -0.25) is 0 Å². The van der Waals surface area contributed by atoms with Crippen LogP contribution in [0.3, 0.4) is 0 Å². The smallest absolute Gasteiger partial charge is 0.339 e. The lowest BCUT2D eigenvalue weighted by Gasteiger charge is -2.09. The first-order chi connectivity index (χ1) is 7.51. The predicted molar refractivity (Wildman–Crippen MR) is 55.2 cm³/mol. The van der Waals surface area contributed by atoms with Crippen LogP contribution in [-0.2, 0) is 4.74 Å². The van der Waals surface area contributed by atoms with Gasteiger partial charge in [-0.1, -0.05) is 0 Å². The molecule has 0 fully saturated rings. The minimum Gasteiger partial charge on any atom is -0.465 e. The van der Waals surface area contributed by atoms with E-state index in [2.05, 4.69) is 20.7 Å². The number of rotatable bonds is 2. The molecule has 0 bridgehead atoms. The van der Waals surface area contributed by atoms with Gasteiger partial charge in [0.15, 0.2) is 0 Å². The number of hydrogen-bond acceptors (Lipinski definition) is 3. The van der Waals surface area contributed by atoms with Crippen LogP contribution in [-0.4, -0.2) is 13.1 Å². The Balaban J connectivity index is 3.47. The van der Waals surface area contributed by atoms with Crippen LogP contribution in [0.1, 0.15) is 27.9 Å². The van der Waals surface area contributed by atoms with E-state index >= 15 is 0 Å². The molecule has 0 heterocycles. The fourth-order valence-corrected chi connectivity index (χ4v) is 1.82. The molecule has 0 saturated carbocycles. The molecule has 0 aliphatic heterocycles. The van der Waals surface area contributed by atoms with Gasteiger partial charge in [-0.2, -0.15) is 5.26 Å². The number of hydrogen-bond donors (Lipinski definition) is 0. The zero-order chi connectivity index (χ0) is 12.3. The van der Waals surface area contributed by atoms with Gasteiger partial charge in [-0.05, 0) is 28.1 Å². The van der Waals surface area contributed by atoms with E-state index in [0.717, 1.165) is 13.2 Å². The van der Waals surface area contributed by atoms with Crippen molar-refractivity contribution in [1.29, 1.82) is 5.26 Å². The zero-order valence-corrected chi connectivity index (χ0v) is 9.72. The lowest BCUT2D eigenvalue weighted by molar-refractivity contribution is 0.0588. The largest absolute Gasteiger partial charge is 0.465 e. The molecule has 6 heteroatoms. The third-order valence-electron chi connectivity index (χ3n) is 1.87. The molecule has 0 atom stereocenters. The first-order valence-corrected chi connectivity index (χ1v) is 4.90. The Labute approximate surface area is 98.8 Å². The third kappa shape index (κ3) is 2.36. The van der Waals surface area contributed by atoms with Crippen LogP contribution in [0.5, 0.6) is 0 Å². The molecule has 0 saturated heterocycles. The van der Waals surface area contributed by atoms with E-state index in [0.29, 0.717) is 0 Å². The second-order valence-corrected chi connectivity index (χ2v) is 3.68. The Bertz CT molecular complexity index is 469. The van der Waals surface area contributed by atoms with Crippen molar-refractivity contribution < 1.29 is 18.3 Å². The second-order valence-electron chi connectivity index (χ2n) is 2.83. The summed E-state index contributed by atoms with van der Waals surface area (Å²) in [5.74, 6) is -0.869. The van der Waals surface area contributed by atoms with Gasteiger partial charge in [0.2, 0.25) is 0 Å². The summed E-state index contributed by atoms with van der Waals surface area (Å²) in [7, 11) is 1.10. The Hall–Kier alpha value is -1.48. The van der Waals surface area contributed by atoms with Crippen LogP contribution in [0.15, 0.2) is 16.6 Å². The summed E-state index contributed by atoms with van der Waals surface area (Å²) in [6.45, 7) is 0. The van der Waals surface area contributed by atoms with Gasteiger partial charge in [0.25, 0.3) is 6.43 Å². The summed E-state index contributed by atoms with van der Waals surface area (Å²) in [4.78, 5) is 11.3. The van der Waals surface area contributed by atoms with E-state index in [1.54, 1.807) is 6.07 Å². The summed E-state index contributed by atoms with van der Waals surface area (Å²) >= 11 is 2.96. The van der Waals surface area contributed by atoms with Crippen LogP contribution in [0, 0.1) is 11.3 Å². The van der Waals surface area contributed by atoms with E-state index in [1.165, 1.54) is 6.07 Å². The number of alkyl halides is 2. The third-order valence-corrected chi connectivity index (χ3v) is 2.50. The molecule has 0 unspecified atom stereocenters. The van der Waals surface area contributed by atoms with Gasteiger partial charge >= 0.3 is 5.97 Å². The summed E-state index contributed by atoms with van der Waals surface area (Å²) < 4.78 is 29.9. The molecule has 0 amide bonds. The summed E-state index contributed by atoms with van der Waals surface area (Å²) in [5, 5.41) is 8.62. The van der Waals surface area contributed by atoms with Crippen molar-refractivity contribution in [1.82, 2.24) is 0 Å². The van der Waals surface area contributed by atoms with Crippen LogP contribution in [0.2, 0.25) is 0 Å². The molecule has 1 aromatic carbocycles. The quantitative estimate of drug-likeness (QED) is 0.786. The van der Waals surface area contributed by atoms with Crippen LogP contribution in [0.4, 0.5) is 8.78 Å². The number of methoxy groups -OCH3 is 1. The number of carbonyl (C=O) groups excluding carboxylic acids is 1. The number of esters is 1. The molecule has 0 radical (unpaired) electrons. The van der Waals surface area contributed by atoms with Crippen molar-refractivity contribution in [3.63, 3.8) is 0 Å². The van der Waals surface area contributed by atoms with Gasteiger partial charge in [0.05, 0.1) is 24.3 Å². The molecule has 84 valence electrons. The molecule has 0 aromatic heterocycles. The first-order valence-electron chi connectivity index (χ1n) is 4.11. The van der Waals surface area contributed by atoms with Crippen molar-refractivity contribution in [2.75, 3.05) is 7.11 Å². The SMILES string of the molecule is COC(=O)c1c(Br)cc(C#N)cc1C(F)F. The number of benzene rings is 1. The molecule has 16 heavy (non-hydrogen) atoms. The van der Waals surface area contributed by atoms with Crippen LogP contribution < -0.4 is 0 Å². The van der Waals surface area contributed by atoms with Gasteiger partial charge in [0.1, 0.15) is 0 Å². The van der Waals surface area contributed by atoms with Gasteiger partial charge in [-0.15, -0.1) is 0 Å². The van der Waals surface area contributed by atoms with Gasteiger partial charge in [0, 0.05) is 10.0 Å². The van der Waals surface area contributed by atoms with Crippen molar-refractivity contribution in [3.05, 3.63) is 33.3 Å². The predicted octanol–water partition coefficient (Wildman–Crippen LogP) is 3.04. The van der Waals surface area contributed by atoms with Crippen LogP contribution in [0.25, 0.3) is 0 Å². The minimum atomic E-state index is -2.85. The number of nitriles is 1. The minimum absolute atomic E-state index is 0.0508. The maximum absolute atomic E-state index is 12.7. The highest BCUT2D eigenvalue weighted by Gasteiger charge is 2.22. The lowest BCUT2D eigenvalue weighted by Crippen LogP contribution is -2.08. The van der Waals surface area contributed by atoms with Crippen molar-refractivity contribution >= 4 is 21.9 Å². The van der Waals surface area contributed by atoms with Crippen LogP contribution >= 0.6 is 15.9 Å². The number of halogens is 3.